The number of nitrogens with zero attached hydrogens (tertiary/aromatic N) is 4. The van der Waals surface area contributed by atoms with Crippen molar-refractivity contribution in [2.75, 3.05) is 33.7 Å². The number of guanidine groups is 1. The molecule has 1 saturated heterocycles. The van der Waals surface area contributed by atoms with Gasteiger partial charge in [-0.2, -0.15) is 0 Å². The summed E-state index contributed by atoms with van der Waals surface area (Å²) in [5, 5.41) is 6.64. The Hall–Kier alpha value is -0.900. The molecule has 6 nitrogen and oxygen atoms in total. The highest BCUT2D eigenvalue weighted by Gasteiger charge is 2.21. The molecule has 1 N–H and O–H groups in total. The second-order valence-electron chi connectivity index (χ2n) is 6.09. The van der Waals surface area contributed by atoms with E-state index in [4.69, 9.17) is 0 Å². The number of likely N-dealkylation sites (tertiary alicyclic amines) is 1. The molecule has 0 bridgehead atoms. The molecule has 1 aliphatic heterocycles. The first kappa shape index (κ1) is 21.1. The molecule has 136 valence electrons. The van der Waals surface area contributed by atoms with Crippen LogP contribution >= 0.6 is 35.3 Å². The molecule has 2 rings (SSSR count). The summed E-state index contributed by atoms with van der Waals surface area (Å²) in [6.45, 7) is 7.07. The average molecular weight is 465 g/mol. The SMILES string of the molecule is CN=C(NCC1CCN(C(C)=O)CC1)N(C)Cc1csc(C)n1.I. The van der Waals surface area contributed by atoms with Crippen molar-refractivity contribution in [1.29, 1.82) is 0 Å². The Kier molecular flexibility index (Phi) is 8.96. The van der Waals surface area contributed by atoms with Crippen molar-refractivity contribution in [3.05, 3.63) is 16.1 Å². The quantitative estimate of drug-likeness (QED) is 0.422. The Morgan fingerprint density at radius 1 is 1.50 bits per heavy atom. The Bertz CT molecular complexity index is 554. The Morgan fingerprint density at radius 2 is 2.17 bits per heavy atom. The van der Waals surface area contributed by atoms with Gasteiger partial charge in [-0.25, -0.2) is 4.98 Å². The maximum absolute atomic E-state index is 11.4. The predicted octanol–water partition coefficient (Wildman–Crippen LogP) is 2.34. The van der Waals surface area contributed by atoms with Crippen LogP contribution in [0.5, 0.6) is 0 Å². The first-order chi connectivity index (χ1) is 11.0. The van der Waals surface area contributed by atoms with Crippen molar-refractivity contribution in [3.8, 4) is 0 Å². The van der Waals surface area contributed by atoms with Gasteiger partial charge in [-0.15, -0.1) is 35.3 Å². The summed E-state index contributed by atoms with van der Waals surface area (Å²) in [4.78, 5) is 24.3. The molecule has 0 saturated carbocycles. The fourth-order valence-electron chi connectivity index (χ4n) is 2.87. The molecule has 1 fully saturated rings. The van der Waals surface area contributed by atoms with Crippen LogP contribution in [0.4, 0.5) is 0 Å². The maximum Gasteiger partial charge on any atom is 0.219 e. The predicted molar refractivity (Wildman–Crippen MR) is 110 cm³/mol. The summed E-state index contributed by atoms with van der Waals surface area (Å²) >= 11 is 1.67. The third kappa shape index (κ3) is 6.19. The van der Waals surface area contributed by atoms with Crippen LogP contribution in [0.15, 0.2) is 10.4 Å². The van der Waals surface area contributed by atoms with E-state index >= 15 is 0 Å². The van der Waals surface area contributed by atoms with Gasteiger partial charge in [0.15, 0.2) is 5.96 Å². The number of thiazole rings is 1. The maximum atomic E-state index is 11.4. The molecule has 0 unspecified atom stereocenters. The number of carbonyl (C=O) groups excluding carboxylic acids is 1. The third-order valence-electron chi connectivity index (χ3n) is 4.25. The zero-order valence-corrected chi connectivity index (χ0v) is 18.1. The number of aromatic nitrogens is 1. The van der Waals surface area contributed by atoms with Gasteiger partial charge in [-0.05, 0) is 25.7 Å². The summed E-state index contributed by atoms with van der Waals surface area (Å²) in [7, 11) is 3.84. The van der Waals surface area contributed by atoms with E-state index in [0.29, 0.717) is 5.92 Å². The van der Waals surface area contributed by atoms with Crippen molar-refractivity contribution >= 4 is 47.2 Å². The normalized spacial score (nSPS) is 15.8. The van der Waals surface area contributed by atoms with Gasteiger partial charge in [0.2, 0.25) is 5.91 Å². The van der Waals surface area contributed by atoms with Crippen LogP contribution in [0.3, 0.4) is 0 Å². The lowest BCUT2D eigenvalue weighted by molar-refractivity contribution is -0.130. The average Bonchev–Trinajstić information content (AvgIpc) is 2.93. The molecule has 0 radical (unpaired) electrons. The summed E-state index contributed by atoms with van der Waals surface area (Å²) in [5.41, 5.74) is 1.08. The topological polar surface area (TPSA) is 60.8 Å². The van der Waals surface area contributed by atoms with Crippen LogP contribution in [-0.2, 0) is 11.3 Å². The summed E-state index contributed by atoms with van der Waals surface area (Å²) in [6, 6.07) is 0. The zero-order chi connectivity index (χ0) is 16.8. The standard InChI is InChI=1S/C16H27N5OS.HI/c1-12-19-15(11-23-12)10-20(4)16(17-3)18-9-14-5-7-21(8-6-14)13(2)22;/h11,14H,5-10H2,1-4H3,(H,17,18);1H. The minimum atomic E-state index is 0. The smallest absolute Gasteiger partial charge is 0.219 e. The van der Waals surface area contributed by atoms with Crippen LogP contribution in [-0.4, -0.2) is 60.4 Å². The van der Waals surface area contributed by atoms with E-state index < -0.39 is 0 Å². The first-order valence-electron chi connectivity index (χ1n) is 8.08. The van der Waals surface area contributed by atoms with Crippen molar-refractivity contribution in [1.82, 2.24) is 20.1 Å². The summed E-state index contributed by atoms with van der Waals surface area (Å²) < 4.78 is 0. The largest absolute Gasteiger partial charge is 0.356 e. The van der Waals surface area contributed by atoms with Gasteiger partial charge in [0, 0.05) is 46.0 Å². The molecule has 0 atom stereocenters. The number of piperidine rings is 1. The van der Waals surface area contributed by atoms with Crippen LogP contribution in [0.1, 0.15) is 30.5 Å². The van der Waals surface area contributed by atoms with E-state index in [9.17, 15) is 4.79 Å². The zero-order valence-electron chi connectivity index (χ0n) is 14.9. The molecule has 0 aliphatic carbocycles. The number of aryl methyl sites for hydroxylation is 1. The van der Waals surface area contributed by atoms with Gasteiger partial charge in [-0.1, -0.05) is 0 Å². The highest BCUT2D eigenvalue weighted by Crippen LogP contribution is 2.16. The van der Waals surface area contributed by atoms with Gasteiger partial charge < -0.3 is 15.1 Å². The number of halogens is 1. The molecule has 8 heteroatoms. The molecule has 1 amide bonds. The Morgan fingerprint density at radius 3 is 2.67 bits per heavy atom. The lowest BCUT2D eigenvalue weighted by Crippen LogP contribution is -2.44. The van der Waals surface area contributed by atoms with Crippen LogP contribution in [0.25, 0.3) is 0 Å². The minimum absolute atomic E-state index is 0. The fourth-order valence-corrected chi connectivity index (χ4v) is 3.47. The van der Waals surface area contributed by atoms with Gasteiger partial charge in [0.05, 0.1) is 17.2 Å². The number of amides is 1. The van der Waals surface area contributed by atoms with Crippen molar-refractivity contribution in [3.63, 3.8) is 0 Å². The number of carbonyl (C=O) groups is 1. The molecular weight excluding hydrogens is 437 g/mol. The Labute approximate surface area is 165 Å². The Balaban J connectivity index is 0.00000288. The fraction of sp³-hybridized carbons (Fsp3) is 0.688. The van der Waals surface area contributed by atoms with E-state index in [-0.39, 0.29) is 29.9 Å². The number of nitrogens with one attached hydrogen (secondary N) is 1. The number of hydrogen-bond acceptors (Lipinski definition) is 4. The second kappa shape index (κ2) is 10.2. The molecule has 1 aromatic rings. The van der Waals surface area contributed by atoms with Gasteiger partial charge in [-0.3, -0.25) is 9.79 Å². The molecule has 1 aliphatic rings. The number of aliphatic imine (C=N–C) groups is 1. The van der Waals surface area contributed by atoms with Crippen LogP contribution in [0.2, 0.25) is 0 Å². The number of hydrogen-bond donors (Lipinski definition) is 1. The van der Waals surface area contributed by atoms with Crippen molar-refractivity contribution in [2.45, 2.75) is 33.2 Å². The van der Waals surface area contributed by atoms with Crippen molar-refractivity contribution in [2.24, 2.45) is 10.9 Å². The monoisotopic (exact) mass is 465 g/mol. The molecular formula is C16H28IN5OS. The first-order valence-corrected chi connectivity index (χ1v) is 8.96. The molecule has 0 aromatic carbocycles. The second-order valence-corrected chi connectivity index (χ2v) is 7.15. The van der Waals surface area contributed by atoms with E-state index in [2.05, 4.69) is 25.6 Å². The lowest BCUT2D eigenvalue weighted by atomic mass is 9.97. The van der Waals surface area contributed by atoms with Gasteiger partial charge in [0.1, 0.15) is 0 Å². The molecule has 24 heavy (non-hydrogen) atoms. The molecule has 0 spiro atoms. The van der Waals surface area contributed by atoms with Crippen LogP contribution in [0, 0.1) is 12.8 Å². The third-order valence-corrected chi connectivity index (χ3v) is 5.07. The summed E-state index contributed by atoms with van der Waals surface area (Å²) in [6.07, 6.45) is 2.11. The van der Waals surface area contributed by atoms with Crippen molar-refractivity contribution < 1.29 is 4.79 Å². The lowest BCUT2D eigenvalue weighted by Gasteiger charge is -2.32. The van der Waals surface area contributed by atoms with E-state index in [1.54, 1.807) is 18.3 Å². The van der Waals surface area contributed by atoms with Gasteiger partial charge >= 0.3 is 0 Å². The highest BCUT2D eigenvalue weighted by atomic mass is 127. The molecule has 1 aromatic heterocycles. The van der Waals surface area contributed by atoms with E-state index in [1.807, 2.05) is 25.9 Å². The highest BCUT2D eigenvalue weighted by molar-refractivity contribution is 14.0. The minimum Gasteiger partial charge on any atom is -0.356 e. The summed E-state index contributed by atoms with van der Waals surface area (Å²) in [5.74, 6) is 1.67. The van der Waals surface area contributed by atoms with Gasteiger partial charge in [0.25, 0.3) is 0 Å². The van der Waals surface area contributed by atoms with Crippen LogP contribution < -0.4 is 5.32 Å². The number of rotatable bonds is 4. The van der Waals surface area contributed by atoms with E-state index in [0.717, 1.165) is 55.7 Å². The molecule has 2 heterocycles. The van der Waals surface area contributed by atoms with E-state index in [1.165, 1.54) is 0 Å².